The van der Waals surface area contributed by atoms with Crippen molar-refractivity contribution in [1.82, 2.24) is 4.98 Å². The standard InChI is InChI=1S/C16H19NO4/c1-11(18)14-8-7-13(19-2)9-15(14)21-10-12-5-4-6-16(17-12)20-3/h4-9,11,18H,10H2,1-3H3/t11-/m1/s1. The van der Waals surface area contributed by atoms with Crippen LogP contribution in [-0.4, -0.2) is 24.3 Å². The second-order valence-corrected chi connectivity index (χ2v) is 4.54. The van der Waals surface area contributed by atoms with Gasteiger partial charge in [-0.05, 0) is 25.1 Å². The van der Waals surface area contributed by atoms with Gasteiger partial charge in [-0.2, -0.15) is 0 Å². The third kappa shape index (κ3) is 3.86. The van der Waals surface area contributed by atoms with Gasteiger partial charge in [0.15, 0.2) is 0 Å². The fourth-order valence-corrected chi connectivity index (χ4v) is 1.92. The average Bonchev–Trinajstić information content (AvgIpc) is 2.52. The van der Waals surface area contributed by atoms with Gasteiger partial charge in [0, 0.05) is 17.7 Å². The number of hydrogen-bond donors (Lipinski definition) is 1. The molecule has 0 saturated heterocycles. The number of aromatic nitrogens is 1. The summed E-state index contributed by atoms with van der Waals surface area (Å²) in [5, 5.41) is 9.79. The highest BCUT2D eigenvalue weighted by molar-refractivity contribution is 5.41. The highest BCUT2D eigenvalue weighted by Gasteiger charge is 2.11. The van der Waals surface area contributed by atoms with Gasteiger partial charge in [0.1, 0.15) is 18.1 Å². The Kier molecular flexibility index (Phi) is 5.00. The van der Waals surface area contributed by atoms with E-state index in [4.69, 9.17) is 14.2 Å². The van der Waals surface area contributed by atoms with Gasteiger partial charge in [0.25, 0.3) is 0 Å². The Morgan fingerprint density at radius 2 is 1.95 bits per heavy atom. The van der Waals surface area contributed by atoms with Gasteiger partial charge in [-0.1, -0.05) is 6.07 Å². The van der Waals surface area contributed by atoms with Crippen molar-refractivity contribution in [1.29, 1.82) is 0 Å². The first-order chi connectivity index (χ1) is 10.1. The SMILES string of the molecule is COc1ccc([C@@H](C)O)c(OCc2cccc(OC)n2)c1. The summed E-state index contributed by atoms with van der Waals surface area (Å²) in [6.07, 6.45) is -0.621. The first kappa shape index (κ1) is 15.1. The minimum Gasteiger partial charge on any atom is -0.497 e. The van der Waals surface area contributed by atoms with Crippen LogP contribution in [0.2, 0.25) is 0 Å². The summed E-state index contributed by atoms with van der Waals surface area (Å²) >= 11 is 0. The van der Waals surface area contributed by atoms with E-state index in [0.717, 1.165) is 5.69 Å². The molecule has 0 aliphatic rings. The van der Waals surface area contributed by atoms with E-state index in [1.54, 1.807) is 45.4 Å². The van der Waals surface area contributed by atoms with Crippen molar-refractivity contribution < 1.29 is 19.3 Å². The van der Waals surface area contributed by atoms with E-state index in [-0.39, 0.29) is 6.61 Å². The molecule has 1 aromatic heterocycles. The van der Waals surface area contributed by atoms with Crippen molar-refractivity contribution in [2.45, 2.75) is 19.6 Å². The lowest BCUT2D eigenvalue weighted by Gasteiger charge is -2.14. The Morgan fingerprint density at radius 1 is 1.14 bits per heavy atom. The number of pyridine rings is 1. The lowest BCUT2D eigenvalue weighted by molar-refractivity contribution is 0.189. The highest BCUT2D eigenvalue weighted by Crippen LogP contribution is 2.30. The molecule has 1 N–H and O–H groups in total. The molecule has 1 atom stereocenters. The summed E-state index contributed by atoms with van der Waals surface area (Å²) in [6.45, 7) is 1.97. The first-order valence-electron chi connectivity index (χ1n) is 6.62. The number of methoxy groups -OCH3 is 2. The van der Waals surface area contributed by atoms with Crippen LogP contribution in [0.25, 0.3) is 0 Å². The van der Waals surface area contributed by atoms with Crippen LogP contribution in [0.5, 0.6) is 17.4 Å². The predicted molar refractivity (Wildman–Crippen MR) is 78.7 cm³/mol. The average molecular weight is 289 g/mol. The van der Waals surface area contributed by atoms with E-state index in [9.17, 15) is 5.11 Å². The molecule has 1 heterocycles. The van der Waals surface area contributed by atoms with E-state index in [2.05, 4.69) is 4.98 Å². The van der Waals surface area contributed by atoms with Crippen LogP contribution in [0.15, 0.2) is 36.4 Å². The number of aliphatic hydroxyl groups is 1. The molecule has 0 unspecified atom stereocenters. The number of ether oxygens (including phenoxy) is 3. The van der Waals surface area contributed by atoms with Crippen LogP contribution < -0.4 is 14.2 Å². The van der Waals surface area contributed by atoms with Crippen LogP contribution in [0, 0.1) is 0 Å². The van der Waals surface area contributed by atoms with Crippen molar-refractivity contribution in [2.75, 3.05) is 14.2 Å². The molecular formula is C16H19NO4. The zero-order chi connectivity index (χ0) is 15.2. The molecule has 5 heteroatoms. The third-order valence-corrected chi connectivity index (χ3v) is 3.04. The fraction of sp³-hybridized carbons (Fsp3) is 0.312. The topological polar surface area (TPSA) is 60.8 Å². The van der Waals surface area contributed by atoms with Gasteiger partial charge in [0.2, 0.25) is 5.88 Å². The van der Waals surface area contributed by atoms with Crippen molar-refractivity contribution in [2.24, 2.45) is 0 Å². The number of benzene rings is 1. The Balaban J connectivity index is 2.17. The zero-order valence-electron chi connectivity index (χ0n) is 12.4. The molecule has 0 amide bonds. The molecule has 0 radical (unpaired) electrons. The Hall–Kier alpha value is -2.27. The van der Waals surface area contributed by atoms with Gasteiger partial charge < -0.3 is 19.3 Å². The van der Waals surface area contributed by atoms with Gasteiger partial charge >= 0.3 is 0 Å². The number of rotatable bonds is 6. The second-order valence-electron chi connectivity index (χ2n) is 4.54. The molecule has 5 nitrogen and oxygen atoms in total. The Bertz CT molecular complexity index is 599. The largest absolute Gasteiger partial charge is 0.497 e. The number of hydrogen-bond acceptors (Lipinski definition) is 5. The van der Waals surface area contributed by atoms with E-state index >= 15 is 0 Å². The van der Waals surface area contributed by atoms with E-state index in [1.165, 1.54) is 0 Å². The first-order valence-corrected chi connectivity index (χ1v) is 6.62. The summed E-state index contributed by atoms with van der Waals surface area (Å²) in [7, 11) is 3.16. The lowest BCUT2D eigenvalue weighted by Crippen LogP contribution is -2.03. The predicted octanol–water partition coefficient (Wildman–Crippen LogP) is 2.73. The van der Waals surface area contributed by atoms with E-state index < -0.39 is 6.10 Å². The summed E-state index contributed by atoms with van der Waals surface area (Å²) in [5.41, 5.74) is 1.45. The van der Waals surface area contributed by atoms with Crippen molar-refractivity contribution in [3.05, 3.63) is 47.7 Å². The molecule has 0 bridgehead atoms. The summed E-state index contributed by atoms with van der Waals surface area (Å²) < 4.78 is 16.0. The molecule has 0 saturated carbocycles. The maximum Gasteiger partial charge on any atom is 0.213 e. The fourth-order valence-electron chi connectivity index (χ4n) is 1.92. The smallest absolute Gasteiger partial charge is 0.213 e. The molecule has 0 aliphatic carbocycles. The summed E-state index contributed by atoms with van der Waals surface area (Å²) in [4.78, 5) is 4.28. The van der Waals surface area contributed by atoms with Crippen LogP contribution in [0.3, 0.4) is 0 Å². The highest BCUT2D eigenvalue weighted by atomic mass is 16.5. The molecule has 2 rings (SSSR count). The van der Waals surface area contributed by atoms with Gasteiger partial charge in [-0.15, -0.1) is 0 Å². The molecule has 0 fully saturated rings. The van der Waals surface area contributed by atoms with Gasteiger partial charge in [-0.3, -0.25) is 0 Å². The van der Waals surface area contributed by atoms with Gasteiger partial charge in [-0.25, -0.2) is 4.98 Å². The zero-order valence-corrected chi connectivity index (χ0v) is 12.4. The van der Waals surface area contributed by atoms with Crippen LogP contribution in [-0.2, 0) is 6.61 Å². The van der Waals surface area contributed by atoms with Gasteiger partial charge in [0.05, 0.1) is 26.0 Å². The maximum absolute atomic E-state index is 9.79. The van der Waals surface area contributed by atoms with Crippen molar-refractivity contribution in [3.8, 4) is 17.4 Å². The number of aliphatic hydroxyl groups excluding tert-OH is 1. The van der Waals surface area contributed by atoms with Crippen LogP contribution >= 0.6 is 0 Å². The third-order valence-electron chi connectivity index (χ3n) is 3.04. The molecule has 21 heavy (non-hydrogen) atoms. The Labute approximate surface area is 124 Å². The maximum atomic E-state index is 9.79. The minimum atomic E-state index is -0.621. The summed E-state index contributed by atoms with van der Waals surface area (Å²) in [5.74, 6) is 1.79. The molecule has 1 aromatic carbocycles. The Morgan fingerprint density at radius 3 is 2.62 bits per heavy atom. The van der Waals surface area contributed by atoms with E-state index in [1.807, 2.05) is 12.1 Å². The van der Waals surface area contributed by atoms with Crippen LogP contribution in [0.1, 0.15) is 24.3 Å². The minimum absolute atomic E-state index is 0.282. The normalized spacial score (nSPS) is 11.8. The molecule has 0 spiro atoms. The monoisotopic (exact) mass is 289 g/mol. The molecular weight excluding hydrogens is 270 g/mol. The molecule has 112 valence electrons. The quantitative estimate of drug-likeness (QED) is 0.886. The molecule has 2 aromatic rings. The van der Waals surface area contributed by atoms with E-state index in [0.29, 0.717) is 22.9 Å². The number of nitrogens with zero attached hydrogens (tertiary/aromatic N) is 1. The summed E-state index contributed by atoms with van der Waals surface area (Å²) in [6, 6.07) is 10.8. The van der Waals surface area contributed by atoms with Crippen LogP contribution in [0.4, 0.5) is 0 Å². The van der Waals surface area contributed by atoms with Crippen molar-refractivity contribution >= 4 is 0 Å². The second kappa shape index (κ2) is 6.95. The lowest BCUT2D eigenvalue weighted by atomic mass is 10.1. The van der Waals surface area contributed by atoms with Crippen molar-refractivity contribution in [3.63, 3.8) is 0 Å². The molecule has 0 aliphatic heterocycles.